The van der Waals surface area contributed by atoms with E-state index in [4.69, 9.17) is 9.97 Å². The average molecular weight is 776 g/mol. The van der Waals surface area contributed by atoms with Gasteiger partial charge in [-0.3, -0.25) is 0 Å². The van der Waals surface area contributed by atoms with Gasteiger partial charge in [-0.25, -0.2) is 9.97 Å². The van der Waals surface area contributed by atoms with Crippen molar-refractivity contribution in [3.8, 4) is 61.8 Å². The van der Waals surface area contributed by atoms with E-state index in [0.29, 0.717) is 5.82 Å². The van der Waals surface area contributed by atoms with E-state index in [1.807, 2.05) is 24.3 Å². The number of fused-ring (bicyclic) bond motifs is 9. The molecule has 10 aromatic carbocycles. The summed E-state index contributed by atoms with van der Waals surface area (Å²) in [7, 11) is 0. The lowest BCUT2D eigenvalue weighted by atomic mass is 9.88. The van der Waals surface area contributed by atoms with Crippen LogP contribution in [0, 0.1) is 0 Å². The van der Waals surface area contributed by atoms with Gasteiger partial charge in [0.15, 0.2) is 5.82 Å². The van der Waals surface area contributed by atoms with Crippen molar-refractivity contribution >= 4 is 54.1 Å². The Morgan fingerprint density at radius 3 is 1.57 bits per heavy atom. The van der Waals surface area contributed by atoms with E-state index >= 15 is 0 Å². The SMILES string of the molecule is c1ccc(-c2cc(-c3cccc(-c4cccc5c6ccccc6c6cc(-c7ccc8c(c7)c7ccccc7n8-c7ccccc7)ccc6c45)c3)nc(-c3ccccc3)n2)cc1. The molecule has 0 fully saturated rings. The van der Waals surface area contributed by atoms with E-state index in [2.05, 4.69) is 205 Å². The number of hydrogen-bond donors (Lipinski definition) is 0. The topological polar surface area (TPSA) is 30.7 Å². The third kappa shape index (κ3) is 5.90. The lowest BCUT2D eigenvalue weighted by Gasteiger charge is -2.16. The lowest BCUT2D eigenvalue weighted by molar-refractivity contribution is 1.18. The average Bonchev–Trinajstić information content (AvgIpc) is 3.68. The van der Waals surface area contributed by atoms with Crippen LogP contribution in [-0.4, -0.2) is 14.5 Å². The number of aromatic nitrogens is 3. The van der Waals surface area contributed by atoms with Crippen molar-refractivity contribution in [3.63, 3.8) is 0 Å². The molecule has 61 heavy (non-hydrogen) atoms. The molecule has 3 nitrogen and oxygen atoms in total. The number of nitrogens with zero attached hydrogens (tertiary/aromatic N) is 3. The Morgan fingerprint density at radius 2 is 0.803 bits per heavy atom. The predicted molar refractivity (Wildman–Crippen MR) is 256 cm³/mol. The van der Waals surface area contributed by atoms with Crippen LogP contribution in [0.2, 0.25) is 0 Å². The Labute approximate surface area is 353 Å². The highest BCUT2D eigenvalue weighted by Gasteiger charge is 2.17. The Balaban J connectivity index is 1.03. The zero-order valence-corrected chi connectivity index (χ0v) is 33.2. The molecule has 12 aromatic rings. The zero-order chi connectivity index (χ0) is 40.3. The highest BCUT2D eigenvalue weighted by Crippen LogP contribution is 2.43. The summed E-state index contributed by atoms with van der Waals surface area (Å²) in [6.45, 7) is 0. The van der Waals surface area contributed by atoms with Crippen LogP contribution in [0.1, 0.15) is 0 Å². The Morgan fingerprint density at radius 1 is 0.279 bits per heavy atom. The minimum atomic E-state index is 0.710. The number of hydrogen-bond acceptors (Lipinski definition) is 2. The second-order valence-electron chi connectivity index (χ2n) is 15.7. The van der Waals surface area contributed by atoms with Crippen molar-refractivity contribution in [1.29, 1.82) is 0 Å². The number of rotatable bonds is 6. The molecule has 284 valence electrons. The minimum absolute atomic E-state index is 0.710. The van der Waals surface area contributed by atoms with E-state index in [1.165, 1.54) is 70.8 Å². The molecule has 0 saturated heterocycles. The molecule has 3 heteroatoms. The van der Waals surface area contributed by atoms with Gasteiger partial charge in [-0.15, -0.1) is 0 Å². The predicted octanol–water partition coefficient (Wildman–Crippen LogP) is 15.4. The molecule has 0 unspecified atom stereocenters. The molecule has 0 atom stereocenters. The zero-order valence-electron chi connectivity index (χ0n) is 33.2. The quantitative estimate of drug-likeness (QED) is 0.158. The van der Waals surface area contributed by atoms with E-state index in [-0.39, 0.29) is 0 Å². The highest BCUT2D eigenvalue weighted by atomic mass is 15.0. The van der Waals surface area contributed by atoms with Gasteiger partial charge in [0.2, 0.25) is 0 Å². The Kier molecular flexibility index (Phi) is 8.17. The first-order valence-electron chi connectivity index (χ1n) is 20.8. The molecule has 0 aliphatic heterocycles. The third-order valence-corrected chi connectivity index (χ3v) is 12.2. The molecule has 2 aromatic heterocycles. The van der Waals surface area contributed by atoms with Crippen LogP contribution in [-0.2, 0) is 0 Å². The largest absolute Gasteiger partial charge is 0.309 e. The van der Waals surface area contributed by atoms with Crippen molar-refractivity contribution in [3.05, 3.63) is 224 Å². The van der Waals surface area contributed by atoms with E-state index in [0.717, 1.165) is 39.3 Å². The van der Waals surface area contributed by atoms with E-state index in [1.54, 1.807) is 0 Å². The van der Waals surface area contributed by atoms with Crippen LogP contribution in [0.3, 0.4) is 0 Å². The Hall–Kier alpha value is -8.14. The van der Waals surface area contributed by atoms with Gasteiger partial charge in [-0.1, -0.05) is 176 Å². The number of para-hydroxylation sites is 2. The van der Waals surface area contributed by atoms with Gasteiger partial charge in [0.25, 0.3) is 0 Å². The molecule has 2 heterocycles. The number of benzene rings is 10. The van der Waals surface area contributed by atoms with E-state index < -0.39 is 0 Å². The van der Waals surface area contributed by atoms with Gasteiger partial charge in [-0.05, 0) is 103 Å². The molecule has 0 saturated carbocycles. The maximum absolute atomic E-state index is 5.17. The van der Waals surface area contributed by atoms with Gasteiger partial charge >= 0.3 is 0 Å². The van der Waals surface area contributed by atoms with Gasteiger partial charge < -0.3 is 4.57 Å². The van der Waals surface area contributed by atoms with Gasteiger partial charge in [0, 0.05) is 33.2 Å². The molecule has 0 spiro atoms. The lowest BCUT2D eigenvalue weighted by Crippen LogP contribution is -1.96. The first kappa shape index (κ1) is 34.9. The van der Waals surface area contributed by atoms with Gasteiger partial charge in [-0.2, -0.15) is 0 Å². The fraction of sp³-hybridized carbons (Fsp3) is 0. The summed E-state index contributed by atoms with van der Waals surface area (Å²) in [6, 6.07) is 80.5. The van der Waals surface area contributed by atoms with Crippen LogP contribution in [0.4, 0.5) is 0 Å². The van der Waals surface area contributed by atoms with Crippen molar-refractivity contribution in [1.82, 2.24) is 14.5 Å². The van der Waals surface area contributed by atoms with Crippen molar-refractivity contribution in [2.45, 2.75) is 0 Å². The minimum Gasteiger partial charge on any atom is -0.309 e. The van der Waals surface area contributed by atoms with Crippen LogP contribution in [0.5, 0.6) is 0 Å². The summed E-state index contributed by atoms with van der Waals surface area (Å²) >= 11 is 0. The molecular formula is C58H37N3. The second kappa shape index (κ2) is 14.3. The van der Waals surface area contributed by atoms with E-state index in [9.17, 15) is 0 Å². The van der Waals surface area contributed by atoms with Gasteiger partial charge in [0.05, 0.1) is 22.4 Å². The summed E-state index contributed by atoms with van der Waals surface area (Å²) in [6.07, 6.45) is 0. The maximum Gasteiger partial charge on any atom is 0.160 e. The molecule has 0 bridgehead atoms. The van der Waals surface area contributed by atoms with Crippen LogP contribution in [0.25, 0.3) is 116 Å². The second-order valence-corrected chi connectivity index (χ2v) is 15.7. The first-order chi connectivity index (χ1) is 30.2. The standard InChI is InChI=1S/C58H37N3/c1-4-16-38(17-5-1)53-37-54(60-58(59-53)39-18-6-2-7-19-39)43-21-14-20-42(34-43)45-27-15-28-49-46-24-10-11-25-47(46)51-35-40(30-32-50(51)57(45)49)41-31-33-56-52(36-41)48-26-12-13-29-55(48)61(56)44-22-8-3-9-23-44/h1-37H. The summed E-state index contributed by atoms with van der Waals surface area (Å²) in [5.41, 5.74) is 13.2. The van der Waals surface area contributed by atoms with Crippen LogP contribution < -0.4 is 0 Å². The van der Waals surface area contributed by atoms with Gasteiger partial charge in [0.1, 0.15) is 0 Å². The molecule has 0 aliphatic carbocycles. The highest BCUT2D eigenvalue weighted by molar-refractivity contribution is 6.29. The van der Waals surface area contributed by atoms with Crippen molar-refractivity contribution in [2.24, 2.45) is 0 Å². The molecule has 12 rings (SSSR count). The smallest absolute Gasteiger partial charge is 0.160 e. The fourth-order valence-corrected chi connectivity index (χ4v) is 9.35. The fourth-order valence-electron chi connectivity index (χ4n) is 9.35. The van der Waals surface area contributed by atoms with Crippen LogP contribution >= 0.6 is 0 Å². The summed E-state index contributed by atoms with van der Waals surface area (Å²) in [4.78, 5) is 10.2. The maximum atomic E-state index is 5.17. The molecule has 0 aliphatic rings. The monoisotopic (exact) mass is 775 g/mol. The molecule has 0 radical (unpaired) electrons. The Bertz CT molecular complexity index is 3570. The molecular weight excluding hydrogens is 739 g/mol. The van der Waals surface area contributed by atoms with Crippen molar-refractivity contribution < 1.29 is 0 Å². The third-order valence-electron chi connectivity index (χ3n) is 12.2. The van der Waals surface area contributed by atoms with Crippen molar-refractivity contribution in [2.75, 3.05) is 0 Å². The molecule has 0 N–H and O–H groups in total. The normalized spacial score (nSPS) is 11.6. The summed E-state index contributed by atoms with van der Waals surface area (Å²) in [5.74, 6) is 0.710. The summed E-state index contributed by atoms with van der Waals surface area (Å²) < 4.78 is 2.38. The molecule has 0 amide bonds. The summed E-state index contributed by atoms with van der Waals surface area (Å²) in [5, 5.41) is 9.97. The first-order valence-corrected chi connectivity index (χ1v) is 20.8. The van der Waals surface area contributed by atoms with Crippen LogP contribution in [0.15, 0.2) is 224 Å².